The molecule has 20 heavy (non-hydrogen) atoms. The molecule has 0 radical (unpaired) electrons. The van der Waals surface area contributed by atoms with Crippen molar-refractivity contribution in [1.29, 1.82) is 0 Å². The van der Waals surface area contributed by atoms with Crippen LogP contribution in [0.5, 0.6) is 0 Å². The summed E-state index contributed by atoms with van der Waals surface area (Å²) in [5.74, 6) is -0.656. The minimum absolute atomic E-state index is 0.182. The maximum Gasteiger partial charge on any atom is 0.328 e. The van der Waals surface area contributed by atoms with Crippen LogP contribution in [-0.4, -0.2) is 25.0 Å². The molecule has 1 N–H and O–H groups in total. The van der Waals surface area contributed by atoms with Crippen molar-refractivity contribution in [2.24, 2.45) is 0 Å². The first kappa shape index (κ1) is 16.4. The van der Waals surface area contributed by atoms with Crippen molar-refractivity contribution in [3.05, 3.63) is 47.0 Å². The van der Waals surface area contributed by atoms with Crippen molar-refractivity contribution >= 4 is 27.8 Å². The number of esters is 1. The molecule has 5 heteroatoms. The second kappa shape index (κ2) is 8.53. The molecular weight excluding hydrogens is 322 g/mol. The topological polar surface area (TPSA) is 55.4 Å². The van der Waals surface area contributed by atoms with E-state index in [1.54, 1.807) is 0 Å². The molecule has 0 aromatic heterocycles. The molecule has 1 atom stereocenters. The number of carbonyl (C=O) groups is 2. The van der Waals surface area contributed by atoms with Gasteiger partial charge >= 0.3 is 5.97 Å². The van der Waals surface area contributed by atoms with E-state index in [9.17, 15) is 9.59 Å². The summed E-state index contributed by atoms with van der Waals surface area (Å²) in [5.41, 5.74) is 1.09. The van der Waals surface area contributed by atoms with Crippen LogP contribution in [0.2, 0.25) is 0 Å². The lowest BCUT2D eigenvalue weighted by molar-refractivity contribution is -0.145. The highest BCUT2D eigenvalue weighted by atomic mass is 79.9. The van der Waals surface area contributed by atoms with Crippen LogP contribution >= 0.6 is 15.9 Å². The predicted octanol–water partition coefficient (Wildman–Crippen LogP) is 2.58. The van der Waals surface area contributed by atoms with Crippen molar-refractivity contribution in [1.82, 2.24) is 5.32 Å². The number of rotatable bonds is 7. The smallest absolute Gasteiger partial charge is 0.328 e. The SMILES string of the molecule is C=C(Br)C[C@H](NC(=O)CCc1ccccc1)C(=O)OC. The molecule has 108 valence electrons. The summed E-state index contributed by atoms with van der Waals surface area (Å²) in [4.78, 5) is 23.4. The van der Waals surface area contributed by atoms with Crippen LogP contribution in [0.25, 0.3) is 0 Å². The van der Waals surface area contributed by atoms with E-state index in [-0.39, 0.29) is 5.91 Å². The van der Waals surface area contributed by atoms with Gasteiger partial charge in [0.2, 0.25) is 5.91 Å². The highest BCUT2D eigenvalue weighted by Gasteiger charge is 2.21. The maximum absolute atomic E-state index is 11.9. The number of aryl methyl sites for hydroxylation is 1. The quantitative estimate of drug-likeness (QED) is 0.777. The van der Waals surface area contributed by atoms with Crippen LogP contribution in [-0.2, 0) is 20.7 Å². The van der Waals surface area contributed by atoms with E-state index in [4.69, 9.17) is 0 Å². The Kier molecular flexibility index (Phi) is 7.01. The van der Waals surface area contributed by atoms with Crippen LogP contribution in [0.4, 0.5) is 0 Å². The van der Waals surface area contributed by atoms with Gasteiger partial charge in [-0.1, -0.05) is 52.8 Å². The average molecular weight is 340 g/mol. The van der Waals surface area contributed by atoms with Crippen molar-refractivity contribution in [3.63, 3.8) is 0 Å². The molecule has 0 saturated heterocycles. The summed E-state index contributed by atoms with van der Waals surface area (Å²) in [6.07, 6.45) is 1.27. The zero-order valence-electron chi connectivity index (χ0n) is 11.4. The lowest BCUT2D eigenvalue weighted by Crippen LogP contribution is -2.41. The number of methoxy groups -OCH3 is 1. The number of ether oxygens (including phenoxy) is 1. The molecule has 0 saturated carbocycles. The van der Waals surface area contributed by atoms with Gasteiger partial charge in [0.05, 0.1) is 7.11 Å². The summed E-state index contributed by atoms with van der Waals surface area (Å²) in [7, 11) is 1.29. The fourth-order valence-corrected chi connectivity index (χ4v) is 2.05. The first-order chi connectivity index (χ1) is 9.52. The van der Waals surface area contributed by atoms with Gasteiger partial charge in [0, 0.05) is 12.8 Å². The number of carbonyl (C=O) groups excluding carboxylic acids is 2. The van der Waals surface area contributed by atoms with Gasteiger partial charge in [-0.05, 0) is 16.5 Å². The monoisotopic (exact) mass is 339 g/mol. The highest BCUT2D eigenvalue weighted by Crippen LogP contribution is 2.11. The van der Waals surface area contributed by atoms with Crippen molar-refractivity contribution in [3.8, 4) is 0 Å². The van der Waals surface area contributed by atoms with Crippen LogP contribution in [0.3, 0.4) is 0 Å². The van der Waals surface area contributed by atoms with Crippen LogP contribution in [0.1, 0.15) is 18.4 Å². The molecular formula is C15H18BrNO3. The van der Waals surface area contributed by atoms with E-state index in [1.807, 2.05) is 30.3 Å². The molecule has 1 aromatic carbocycles. The number of nitrogens with one attached hydrogen (secondary N) is 1. The van der Waals surface area contributed by atoms with Crippen LogP contribution < -0.4 is 5.32 Å². The molecule has 0 aliphatic rings. The number of benzene rings is 1. The van der Waals surface area contributed by atoms with Crippen molar-refractivity contribution in [2.75, 3.05) is 7.11 Å². The predicted molar refractivity (Wildman–Crippen MR) is 81.4 cm³/mol. The Labute approximate surface area is 127 Å². The van der Waals surface area contributed by atoms with Gasteiger partial charge < -0.3 is 10.1 Å². The van der Waals surface area contributed by atoms with Gasteiger partial charge in [-0.2, -0.15) is 0 Å². The molecule has 0 unspecified atom stereocenters. The van der Waals surface area contributed by atoms with Gasteiger partial charge in [-0.15, -0.1) is 0 Å². The summed E-state index contributed by atoms with van der Waals surface area (Å²) in [6, 6.07) is 9.02. The van der Waals surface area contributed by atoms with Crippen LogP contribution in [0.15, 0.2) is 41.4 Å². The second-order valence-corrected chi connectivity index (χ2v) is 5.47. The molecule has 0 bridgehead atoms. The van der Waals surface area contributed by atoms with Gasteiger partial charge in [0.1, 0.15) is 6.04 Å². The Bertz CT molecular complexity index is 473. The van der Waals surface area contributed by atoms with E-state index >= 15 is 0 Å². The third-order valence-electron chi connectivity index (χ3n) is 2.73. The second-order valence-electron chi connectivity index (χ2n) is 4.35. The Morgan fingerprint density at radius 2 is 2.00 bits per heavy atom. The normalized spacial score (nSPS) is 11.5. The largest absolute Gasteiger partial charge is 0.467 e. The Morgan fingerprint density at radius 1 is 1.35 bits per heavy atom. The van der Waals surface area contributed by atoms with E-state index in [0.29, 0.717) is 23.7 Å². The first-order valence-corrected chi connectivity index (χ1v) is 7.06. The highest BCUT2D eigenvalue weighted by molar-refractivity contribution is 9.11. The fraction of sp³-hybridized carbons (Fsp3) is 0.333. The lowest BCUT2D eigenvalue weighted by atomic mass is 10.1. The Balaban J connectivity index is 2.49. The fourth-order valence-electron chi connectivity index (χ4n) is 1.73. The zero-order valence-corrected chi connectivity index (χ0v) is 13.0. The van der Waals surface area contributed by atoms with Crippen LogP contribution in [0, 0.1) is 0 Å². The summed E-state index contributed by atoms with van der Waals surface area (Å²) in [5, 5.41) is 2.66. The van der Waals surface area contributed by atoms with Crippen molar-refractivity contribution in [2.45, 2.75) is 25.3 Å². The number of amides is 1. The molecule has 0 heterocycles. The molecule has 0 spiro atoms. The van der Waals surface area contributed by atoms with E-state index < -0.39 is 12.0 Å². The average Bonchev–Trinajstić information content (AvgIpc) is 2.44. The number of halogens is 1. The third kappa shape index (κ3) is 6.02. The third-order valence-corrected chi connectivity index (χ3v) is 3.05. The zero-order chi connectivity index (χ0) is 15.0. The van der Waals surface area contributed by atoms with E-state index in [2.05, 4.69) is 32.6 Å². The maximum atomic E-state index is 11.9. The minimum Gasteiger partial charge on any atom is -0.467 e. The van der Waals surface area contributed by atoms with Gasteiger partial charge in [-0.3, -0.25) is 4.79 Å². The summed E-state index contributed by atoms with van der Waals surface area (Å²) >= 11 is 3.18. The minimum atomic E-state index is -0.699. The Hall–Kier alpha value is -1.62. The standard InChI is InChI=1S/C15H18BrNO3/c1-11(16)10-13(15(19)20-2)17-14(18)9-8-12-6-4-3-5-7-12/h3-7,13H,1,8-10H2,2H3,(H,17,18)/t13-/m0/s1. The molecule has 1 rings (SSSR count). The number of hydrogen-bond acceptors (Lipinski definition) is 3. The molecule has 0 fully saturated rings. The first-order valence-electron chi connectivity index (χ1n) is 6.27. The lowest BCUT2D eigenvalue weighted by Gasteiger charge is -2.16. The van der Waals surface area contributed by atoms with Gasteiger partial charge in [0.25, 0.3) is 0 Å². The van der Waals surface area contributed by atoms with Crippen molar-refractivity contribution < 1.29 is 14.3 Å². The molecule has 4 nitrogen and oxygen atoms in total. The Morgan fingerprint density at radius 3 is 2.55 bits per heavy atom. The van der Waals surface area contributed by atoms with Gasteiger partial charge in [-0.25, -0.2) is 4.79 Å². The molecule has 1 amide bonds. The molecule has 0 aliphatic carbocycles. The van der Waals surface area contributed by atoms with E-state index in [0.717, 1.165) is 5.56 Å². The van der Waals surface area contributed by atoms with Gasteiger partial charge in [0.15, 0.2) is 0 Å². The molecule has 0 aliphatic heterocycles. The number of hydrogen-bond donors (Lipinski definition) is 1. The molecule has 1 aromatic rings. The van der Waals surface area contributed by atoms with E-state index in [1.165, 1.54) is 7.11 Å². The summed E-state index contributed by atoms with van der Waals surface area (Å²) < 4.78 is 5.30. The summed E-state index contributed by atoms with van der Waals surface area (Å²) in [6.45, 7) is 3.67.